The lowest BCUT2D eigenvalue weighted by Crippen LogP contribution is -2.02. The number of hydrogen-bond donors (Lipinski definition) is 0. The maximum atomic E-state index is 9.92. The summed E-state index contributed by atoms with van der Waals surface area (Å²) in [6.07, 6.45) is 0. The van der Waals surface area contributed by atoms with Gasteiger partial charge in [-0.05, 0) is 53.4 Å². The summed E-state index contributed by atoms with van der Waals surface area (Å²) >= 11 is 0. The molecule has 0 N–H and O–H groups in total. The van der Waals surface area contributed by atoms with Gasteiger partial charge in [0.05, 0.1) is 35.7 Å². The van der Waals surface area contributed by atoms with E-state index in [2.05, 4.69) is 0 Å². The molecule has 50 heavy (non-hydrogen) atoms. The fraction of sp³-hybridized carbons (Fsp3) is 0. The molecule has 0 amide bonds. The molecule has 0 saturated carbocycles. The third-order valence-corrected chi connectivity index (χ3v) is 8.11. The van der Waals surface area contributed by atoms with Crippen molar-refractivity contribution in [1.29, 1.82) is 0 Å². The second kappa shape index (κ2) is 11.4. The van der Waals surface area contributed by atoms with E-state index in [9.17, 15) is 11.0 Å². The van der Waals surface area contributed by atoms with Gasteiger partial charge in [0.1, 0.15) is 11.2 Å². The first-order valence-electron chi connectivity index (χ1n) is 24.2. The van der Waals surface area contributed by atoms with Crippen molar-refractivity contribution < 1.29 is 29.1 Å². The second-order valence-corrected chi connectivity index (χ2v) is 11.1. The number of para-hydroxylation sites is 2. The minimum atomic E-state index is -0.799. The third-order valence-electron chi connectivity index (χ3n) is 8.11. The zero-order valence-electron chi connectivity index (χ0n) is 43.5. The molecular weight excluding hydrogens is 613 g/mol. The van der Waals surface area contributed by atoms with E-state index in [-0.39, 0.29) is 39.3 Å². The standard InChI is InChI=1S/C45H28N4O/c1-4-13-29(14-5-1)32-23-25-40-37(27-32)38-28-33(24-26-41(38)50-40)49-39-22-11-10-19-34(39)35-20-12-21-36(42(35)49)45-47-43(30-15-6-2-7-16-30)46-44(48-45)31-17-8-3-9-18-31/h1-28H/i1D,4D,5D,10D,11D,12D,13D,14D,19D,20D,21D,22D,23D,24D,25D,26D,27D,28D. The first kappa shape index (κ1) is 15.6. The van der Waals surface area contributed by atoms with Crippen molar-refractivity contribution in [2.75, 3.05) is 0 Å². The van der Waals surface area contributed by atoms with Crippen LogP contribution in [0.25, 0.3) is 94.7 Å². The first-order chi connectivity index (χ1) is 32.3. The lowest BCUT2D eigenvalue weighted by Gasteiger charge is -2.13. The van der Waals surface area contributed by atoms with Crippen LogP contribution in [0.5, 0.6) is 0 Å². The van der Waals surface area contributed by atoms with Crippen LogP contribution in [0.4, 0.5) is 0 Å². The molecule has 234 valence electrons. The number of furan rings is 1. The van der Waals surface area contributed by atoms with Crippen molar-refractivity contribution in [3.63, 3.8) is 0 Å². The first-order valence-corrected chi connectivity index (χ1v) is 15.2. The number of hydrogen-bond acceptors (Lipinski definition) is 4. The second-order valence-electron chi connectivity index (χ2n) is 11.1. The molecule has 0 aliphatic carbocycles. The summed E-state index contributed by atoms with van der Waals surface area (Å²) in [5, 5.41) is -1.50. The minimum Gasteiger partial charge on any atom is -0.456 e. The Hall–Kier alpha value is -6.85. The molecule has 10 aromatic rings. The van der Waals surface area contributed by atoms with Crippen molar-refractivity contribution in [2.45, 2.75) is 0 Å². The zero-order chi connectivity index (χ0) is 48.7. The van der Waals surface area contributed by atoms with Crippen LogP contribution < -0.4 is 0 Å². The highest BCUT2D eigenvalue weighted by molar-refractivity contribution is 6.14. The van der Waals surface area contributed by atoms with Crippen LogP contribution in [0.15, 0.2) is 174 Å². The largest absolute Gasteiger partial charge is 0.456 e. The summed E-state index contributed by atoms with van der Waals surface area (Å²) < 4.78 is 169. The molecule has 3 heterocycles. The van der Waals surface area contributed by atoms with Gasteiger partial charge < -0.3 is 8.98 Å². The van der Waals surface area contributed by atoms with Crippen molar-refractivity contribution in [2.24, 2.45) is 0 Å². The molecule has 7 aromatic carbocycles. The van der Waals surface area contributed by atoms with Gasteiger partial charge in [-0.15, -0.1) is 0 Å². The Morgan fingerprint density at radius 3 is 1.82 bits per heavy atom. The molecule has 0 radical (unpaired) electrons. The molecular formula is C45H28N4O. The minimum absolute atomic E-state index is 0.107. The highest BCUT2D eigenvalue weighted by Gasteiger charge is 2.21. The fourth-order valence-electron chi connectivity index (χ4n) is 5.87. The molecule has 3 aromatic heterocycles. The number of rotatable bonds is 5. The Bertz CT molecular complexity index is 3810. The Morgan fingerprint density at radius 2 is 1.08 bits per heavy atom. The van der Waals surface area contributed by atoms with E-state index in [0.717, 1.165) is 4.57 Å². The Morgan fingerprint density at radius 1 is 0.460 bits per heavy atom. The lowest BCUT2D eigenvalue weighted by atomic mass is 10.0. The molecule has 10 rings (SSSR count). The van der Waals surface area contributed by atoms with Gasteiger partial charge in [0.2, 0.25) is 0 Å². The number of nitrogens with zero attached hydrogens (tertiary/aromatic N) is 4. The predicted octanol–water partition coefficient (Wildman–Crippen LogP) is 11.5. The van der Waals surface area contributed by atoms with Gasteiger partial charge >= 0.3 is 0 Å². The van der Waals surface area contributed by atoms with E-state index in [4.69, 9.17) is 33.1 Å². The summed E-state index contributed by atoms with van der Waals surface area (Å²) in [7, 11) is 0. The molecule has 0 unspecified atom stereocenters. The maximum absolute atomic E-state index is 9.92. The molecule has 0 fully saturated rings. The van der Waals surface area contributed by atoms with Gasteiger partial charge in [-0.3, -0.25) is 0 Å². The fourth-order valence-corrected chi connectivity index (χ4v) is 5.87. The number of aromatic nitrogens is 4. The van der Waals surface area contributed by atoms with Crippen molar-refractivity contribution >= 4 is 43.7 Å². The van der Waals surface area contributed by atoms with E-state index in [0.29, 0.717) is 11.1 Å². The van der Waals surface area contributed by atoms with Crippen LogP contribution in [0.1, 0.15) is 24.7 Å². The summed E-state index contributed by atoms with van der Waals surface area (Å²) in [6.45, 7) is 0. The van der Waals surface area contributed by atoms with Gasteiger partial charge in [0.15, 0.2) is 17.5 Å². The molecule has 5 heteroatoms. The van der Waals surface area contributed by atoms with Gasteiger partial charge in [-0.1, -0.05) is 127 Å². The van der Waals surface area contributed by atoms with Crippen molar-refractivity contribution in [3.05, 3.63) is 169 Å². The Balaban J connectivity index is 1.43. The molecule has 0 bridgehead atoms. The molecule has 0 atom stereocenters. The van der Waals surface area contributed by atoms with E-state index in [1.807, 2.05) is 0 Å². The van der Waals surface area contributed by atoms with Gasteiger partial charge in [0.25, 0.3) is 0 Å². The van der Waals surface area contributed by atoms with Crippen molar-refractivity contribution in [3.8, 4) is 51.0 Å². The SMILES string of the molecule is [2H]c1c([2H])c([2H])c(-c2c([2H])c([2H])c3oc4c([2H])c([2H])c(-n5c6c([2H])c([2H])c([2H])c([2H])c6c6c([2H])c([2H])c([2H])c(-c7nc(-c8ccccc8)nc(-c8ccccc8)n7)c65)c([2H])c4c3c2[2H])c([2H])c1[2H]. The average molecular weight is 659 g/mol. The molecule has 5 nitrogen and oxygen atoms in total. The monoisotopic (exact) mass is 658 g/mol. The van der Waals surface area contributed by atoms with Crippen LogP contribution in [0, 0.1) is 0 Å². The highest BCUT2D eigenvalue weighted by Crippen LogP contribution is 2.40. The molecule has 0 aliphatic heterocycles. The van der Waals surface area contributed by atoms with Crippen LogP contribution in [0.2, 0.25) is 0 Å². The zero-order valence-corrected chi connectivity index (χ0v) is 25.5. The lowest BCUT2D eigenvalue weighted by molar-refractivity contribution is 0.669. The smallest absolute Gasteiger partial charge is 0.166 e. The number of benzene rings is 7. The van der Waals surface area contributed by atoms with Crippen LogP contribution in [-0.4, -0.2) is 19.5 Å². The Kier molecular flexibility index (Phi) is 3.55. The van der Waals surface area contributed by atoms with Crippen LogP contribution in [-0.2, 0) is 0 Å². The van der Waals surface area contributed by atoms with Gasteiger partial charge in [0, 0.05) is 43.9 Å². The van der Waals surface area contributed by atoms with Crippen molar-refractivity contribution in [1.82, 2.24) is 19.5 Å². The topological polar surface area (TPSA) is 56.7 Å². The van der Waals surface area contributed by atoms with E-state index >= 15 is 0 Å². The molecule has 0 spiro atoms. The van der Waals surface area contributed by atoms with E-state index in [1.165, 1.54) is 0 Å². The van der Waals surface area contributed by atoms with Gasteiger partial charge in [-0.2, -0.15) is 0 Å². The number of fused-ring (bicyclic) bond motifs is 6. The van der Waals surface area contributed by atoms with E-state index < -0.39 is 153 Å². The third kappa shape index (κ3) is 4.60. The highest BCUT2D eigenvalue weighted by atomic mass is 16.3. The van der Waals surface area contributed by atoms with Crippen LogP contribution in [0.3, 0.4) is 0 Å². The summed E-state index contributed by atoms with van der Waals surface area (Å²) in [6, 6.07) is 4.10. The van der Waals surface area contributed by atoms with Gasteiger partial charge in [-0.25, -0.2) is 15.0 Å². The summed E-state index contributed by atoms with van der Waals surface area (Å²) in [5.41, 5.74) is -2.85. The quantitative estimate of drug-likeness (QED) is 0.185. The molecule has 0 saturated heterocycles. The van der Waals surface area contributed by atoms with E-state index in [1.54, 1.807) is 60.7 Å². The summed E-state index contributed by atoms with van der Waals surface area (Å²) in [4.78, 5) is 14.2. The Labute approximate surface area is 313 Å². The maximum Gasteiger partial charge on any atom is 0.166 e. The average Bonchev–Trinajstić information content (AvgIpc) is 3.92. The van der Waals surface area contributed by atoms with Crippen LogP contribution >= 0.6 is 0 Å². The normalized spacial score (nSPS) is 16.6. The predicted molar refractivity (Wildman–Crippen MR) is 203 cm³/mol. The summed E-state index contributed by atoms with van der Waals surface area (Å²) in [5.74, 6) is -0.0521. The molecule has 0 aliphatic rings.